The van der Waals surface area contributed by atoms with E-state index in [9.17, 15) is 4.79 Å². The van der Waals surface area contributed by atoms with Gasteiger partial charge in [0.25, 0.3) is 0 Å². The molecule has 2 heterocycles. The molecule has 0 atom stereocenters. The highest BCUT2D eigenvalue weighted by Gasteiger charge is 2.22. The fraction of sp³-hybridized carbons (Fsp3) is 0.353. The minimum atomic E-state index is -0.133. The predicted molar refractivity (Wildman–Crippen MR) is 100 cm³/mol. The van der Waals surface area contributed by atoms with Crippen molar-refractivity contribution in [2.75, 3.05) is 30.3 Å². The quantitative estimate of drug-likeness (QED) is 0.620. The smallest absolute Gasteiger partial charge is 0.232 e. The zero-order valence-electron chi connectivity index (χ0n) is 13.6. The van der Waals surface area contributed by atoms with E-state index in [4.69, 9.17) is 18.0 Å². The molecule has 0 spiro atoms. The van der Waals surface area contributed by atoms with Gasteiger partial charge in [-0.25, -0.2) is 0 Å². The van der Waals surface area contributed by atoms with Gasteiger partial charge >= 0.3 is 0 Å². The van der Waals surface area contributed by atoms with Crippen LogP contribution in [0, 0.1) is 12.3 Å². The predicted octanol–water partition coefficient (Wildman–Crippen LogP) is 2.36. The van der Waals surface area contributed by atoms with Gasteiger partial charge < -0.3 is 10.2 Å². The zero-order chi connectivity index (χ0) is 17.6. The molecule has 1 saturated heterocycles. The number of thioether (sulfide) groups is 1. The van der Waals surface area contributed by atoms with Crippen molar-refractivity contribution in [3.63, 3.8) is 0 Å². The SMILES string of the molecule is C#CCNC(=O)CSc1nnc(N2CCCC2)n1-c1cccc(Cl)c1. The Labute approximate surface area is 155 Å². The van der Waals surface area contributed by atoms with Crippen LogP contribution in [0.5, 0.6) is 0 Å². The molecule has 0 unspecified atom stereocenters. The Morgan fingerprint density at radius 2 is 2.16 bits per heavy atom. The highest BCUT2D eigenvalue weighted by molar-refractivity contribution is 7.99. The summed E-state index contributed by atoms with van der Waals surface area (Å²) in [6.07, 6.45) is 7.43. The summed E-state index contributed by atoms with van der Waals surface area (Å²) >= 11 is 7.48. The van der Waals surface area contributed by atoms with Crippen molar-refractivity contribution in [2.45, 2.75) is 18.0 Å². The van der Waals surface area contributed by atoms with Gasteiger partial charge in [-0.3, -0.25) is 9.36 Å². The molecule has 1 aromatic heterocycles. The number of nitrogens with zero attached hydrogens (tertiary/aromatic N) is 4. The third-order valence-electron chi connectivity index (χ3n) is 3.79. The lowest BCUT2D eigenvalue weighted by Crippen LogP contribution is -2.25. The van der Waals surface area contributed by atoms with Crippen LogP contribution >= 0.6 is 23.4 Å². The molecule has 0 saturated carbocycles. The van der Waals surface area contributed by atoms with Crippen molar-refractivity contribution in [2.24, 2.45) is 0 Å². The zero-order valence-corrected chi connectivity index (χ0v) is 15.2. The van der Waals surface area contributed by atoms with Gasteiger partial charge in [0.2, 0.25) is 11.9 Å². The summed E-state index contributed by atoms with van der Waals surface area (Å²) in [5.74, 6) is 3.26. The molecule has 0 aliphatic carbocycles. The summed E-state index contributed by atoms with van der Waals surface area (Å²) in [6, 6.07) is 7.54. The van der Waals surface area contributed by atoms with E-state index < -0.39 is 0 Å². The second-order valence-corrected chi connectivity index (χ2v) is 6.94. The van der Waals surface area contributed by atoms with Crippen molar-refractivity contribution in [3.05, 3.63) is 29.3 Å². The number of nitrogens with one attached hydrogen (secondary N) is 1. The Kier molecular flexibility index (Phi) is 5.84. The van der Waals surface area contributed by atoms with Crippen LogP contribution in [0.25, 0.3) is 5.69 Å². The number of benzene rings is 1. The molecule has 8 heteroatoms. The van der Waals surface area contributed by atoms with Crippen molar-refractivity contribution in [1.82, 2.24) is 20.1 Å². The first-order valence-corrected chi connectivity index (χ1v) is 9.34. The van der Waals surface area contributed by atoms with Crippen molar-refractivity contribution < 1.29 is 4.79 Å². The van der Waals surface area contributed by atoms with E-state index >= 15 is 0 Å². The largest absolute Gasteiger partial charge is 0.344 e. The maximum atomic E-state index is 11.8. The lowest BCUT2D eigenvalue weighted by molar-refractivity contribution is -0.118. The number of hydrogen-bond donors (Lipinski definition) is 1. The van der Waals surface area contributed by atoms with Gasteiger partial charge in [0.05, 0.1) is 18.0 Å². The second kappa shape index (κ2) is 8.28. The monoisotopic (exact) mass is 375 g/mol. The highest BCUT2D eigenvalue weighted by atomic mass is 35.5. The average molecular weight is 376 g/mol. The topological polar surface area (TPSA) is 63.1 Å². The molecule has 0 radical (unpaired) electrons. The van der Waals surface area contributed by atoms with Crippen LogP contribution in [0.4, 0.5) is 5.95 Å². The summed E-state index contributed by atoms with van der Waals surface area (Å²) in [6.45, 7) is 2.12. The molecule has 3 rings (SSSR count). The van der Waals surface area contributed by atoms with Gasteiger partial charge in [0, 0.05) is 18.1 Å². The molecule has 6 nitrogen and oxygen atoms in total. The minimum absolute atomic E-state index is 0.133. The van der Waals surface area contributed by atoms with E-state index in [2.05, 4.69) is 26.3 Å². The van der Waals surface area contributed by atoms with E-state index in [0.717, 1.165) is 37.6 Å². The molecule has 1 N–H and O–H groups in total. The van der Waals surface area contributed by atoms with Crippen LogP contribution in [0.15, 0.2) is 29.4 Å². The van der Waals surface area contributed by atoms with Gasteiger partial charge in [-0.15, -0.1) is 16.6 Å². The summed E-state index contributed by atoms with van der Waals surface area (Å²) in [7, 11) is 0. The number of hydrogen-bond acceptors (Lipinski definition) is 5. The summed E-state index contributed by atoms with van der Waals surface area (Å²) in [5.41, 5.74) is 0.880. The summed E-state index contributed by atoms with van der Waals surface area (Å²) in [5, 5.41) is 12.6. The third-order valence-corrected chi connectivity index (χ3v) is 4.96. The molecule has 130 valence electrons. The normalized spacial score (nSPS) is 13.7. The number of rotatable bonds is 6. The Hall–Kier alpha value is -2.17. The molecule has 1 amide bonds. The Bertz CT molecular complexity index is 795. The van der Waals surface area contributed by atoms with Crippen LogP contribution in [-0.2, 0) is 4.79 Å². The van der Waals surface area contributed by atoms with Crippen molar-refractivity contribution in [3.8, 4) is 18.0 Å². The standard InChI is InChI=1S/C17H18ClN5OS/c1-2-8-19-15(24)12-25-17-21-20-16(22-9-3-4-10-22)23(17)14-7-5-6-13(18)11-14/h1,5-7,11H,3-4,8-10,12H2,(H,19,24). The van der Waals surface area contributed by atoms with E-state index in [1.165, 1.54) is 11.8 Å². The molecule has 1 aliphatic heterocycles. The third kappa shape index (κ3) is 4.27. The molecule has 1 aromatic carbocycles. The first-order chi connectivity index (χ1) is 12.2. The van der Waals surface area contributed by atoms with E-state index in [1.807, 2.05) is 28.8 Å². The van der Waals surface area contributed by atoms with Crippen molar-refractivity contribution in [1.29, 1.82) is 0 Å². The van der Waals surface area contributed by atoms with Crippen molar-refractivity contribution >= 4 is 35.2 Å². The highest BCUT2D eigenvalue weighted by Crippen LogP contribution is 2.29. The van der Waals surface area contributed by atoms with Gasteiger partial charge in [0.1, 0.15) is 0 Å². The number of anilines is 1. The van der Waals surface area contributed by atoms with E-state index in [1.54, 1.807) is 0 Å². The van der Waals surface area contributed by atoms with Gasteiger partial charge in [-0.05, 0) is 31.0 Å². The number of amides is 1. The molecular weight excluding hydrogens is 358 g/mol. The first kappa shape index (κ1) is 17.6. The maximum Gasteiger partial charge on any atom is 0.232 e. The molecule has 0 bridgehead atoms. The fourth-order valence-electron chi connectivity index (χ4n) is 2.65. The lowest BCUT2D eigenvalue weighted by atomic mass is 10.3. The number of terminal acetylenes is 1. The Morgan fingerprint density at radius 3 is 2.88 bits per heavy atom. The van der Waals surface area contributed by atoms with Gasteiger partial charge in [-0.2, -0.15) is 0 Å². The second-order valence-electron chi connectivity index (χ2n) is 5.56. The maximum absolute atomic E-state index is 11.8. The molecule has 1 aliphatic rings. The fourth-order valence-corrected chi connectivity index (χ4v) is 3.61. The number of carbonyl (C=O) groups excluding carboxylic acids is 1. The summed E-state index contributed by atoms with van der Waals surface area (Å²) in [4.78, 5) is 14.0. The molecule has 25 heavy (non-hydrogen) atoms. The Balaban J connectivity index is 1.87. The van der Waals surface area contributed by atoms with Crippen LogP contribution < -0.4 is 10.2 Å². The van der Waals surface area contributed by atoms with Gasteiger partial charge in [-0.1, -0.05) is 35.3 Å². The van der Waals surface area contributed by atoms with Crippen LogP contribution in [-0.4, -0.2) is 46.1 Å². The van der Waals surface area contributed by atoms with E-state index in [0.29, 0.717) is 10.2 Å². The Morgan fingerprint density at radius 1 is 1.36 bits per heavy atom. The molecular formula is C17H18ClN5OS. The average Bonchev–Trinajstić information content (AvgIpc) is 3.27. The molecule has 1 fully saturated rings. The number of aromatic nitrogens is 3. The van der Waals surface area contributed by atoms with Crippen LogP contribution in [0.2, 0.25) is 5.02 Å². The minimum Gasteiger partial charge on any atom is -0.344 e. The number of halogens is 1. The van der Waals surface area contributed by atoms with Gasteiger partial charge in [0.15, 0.2) is 5.16 Å². The summed E-state index contributed by atoms with van der Waals surface area (Å²) < 4.78 is 1.95. The van der Waals surface area contributed by atoms with Crippen LogP contribution in [0.1, 0.15) is 12.8 Å². The van der Waals surface area contributed by atoms with E-state index in [-0.39, 0.29) is 18.2 Å². The first-order valence-electron chi connectivity index (χ1n) is 7.98. The van der Waals surface area contributed by atoms with Crippen LogP contribution in [0.3, 0.4) is 0 Å². The number of carbonyl (C=O) groups is 1. The molecule has 2 aromatic rings. The lowest BCUT2D eigenvalue weighted by Gasteiger charge is -2.18.